The number of hydrogen-bond donors (Lipinski definition) is 2. The van der Waals surface area contributed by atoms with Crippen LogP contribution >= 0.6 is 23.2 Å². The average Bonchev–Trinajstić information content (AvgIpc) is 3.77. The van der Waals surface area contributed by atoms with Crippen molar-refractivity contribution < 1.29 is 32.7 Å². The predicted molar refractivity (Wildman–Crippen MR) is 208 cm³/mol. The molecule has 5 heterocycles. The van der Waals surface area contributed by atoms with E-state index in [0.29, 0.717) is 30.3 Å². The van der Waals surface area contributed by atoms with E-state index in [0.717, 1.165) is 67.4 Å². The fourth-order valence-corrected chi connectivity index (χ4v) is 9.09. The molecule has 8 rings (SSSR count). The number of nitrogens with one attached hydrogen (secondary N) is 1. The van der Waals surface area contributed by atoms with Gasteiger partial charge in [0.15, 0.2) is 11.6 Å². The van der Waals surface area contributed by atoms with Gasteiger partial charge in [0.05, 0.1) is 34.1 Å². The number of piperazine rings is 1. The highest BCUT2D eigenvalue weighted by molar-refractivity contribution is 6.36. The van der Waals surface area contributed by atoms with Gasteiger partial charge in [-0.05, 0) is 75.3 Å². The Labute approximate surface area is 337 Å². The number of pyridine rings is 1. The fraction of sp³-hybridized carbons (Fsp3) is 0.400. The van der Waals surface area contributed by atoms with Crippen LogP contribution in [-0.4, -0.2) is 87.0 Å². The number of amides is 4. The molecule has 2 atom stereocenters. The number of ether oxygens (including phenoxy) is 1. The van der Waals surface area contributed by atoms with Crippen LogP contribution in [-0.2, 0) is 9.59 Å². The largest absolute Gasteiger partial charge is 0.482 e. The molecule has 1 saturated carbocycles. The van der Waals surface area contributed by atoms with Crippen molar-refractivity contribution in [1.82, 2.24) is 29.9 Å². The molecule has 4 amide bonds. The zero-order valence-corrected chi connectivity index (χ0v) is 32.5. The Morgan fingerprint density at radius 1 is 0.912 bits per heavy atom. The number of nitrogen functional groups attached to an aromatic ring is 1. The number of imide groups is 2. The van der Waals surface area contributed by atoms with E-state index >= 15 is 4.39 Å². The first-order valence-corrected chi connectivity index (χ1v) is 19.7. The van der Waals surface area contributed by atoms with Gasteiger partial charge in [-0.2, -0.15) is 5.10 Å². The first-order valence-electron chi connectivity index (χ1n) is 19.0. The van der Waals surface area contributed by atoms with Crippen LogP contribution in [0.15, 0.2) is 48.9 Å². The molecule has 57 heavy (non-hydrogen) atoms. The molecule has 3 aliphatic heterocycles. The molecule has 17 heteroatoms. The number of benzene rings is 2. The van der Waals surface area contributed by atoms with Crippen molar-refractivity contribution >= 4 is 58.3 Å². The molecule has 0 radical (unpaired) electrons. The summed E-state index contributed by atoms with van der Waals surface area (Å²) in [6.45, 7) is 5.18. The Kier molecular flexibility index (Phi) is 10.7. The first kappa shape index (κ1) is 38.7. The SMILES string of the molecule is C[C@@H](Oc1cc(-c2cnn(C3CCC(CN4CCN(c5cc6c(cc5F)C(=O)N(C5CCC(=O)NC5=O)C6=O)CC4)CC3)c2)cnc1N)c1c(Cl)ccc(F)c1Cl. The summed E-state index contributed by atoms with van der Waals surface area (Å²) in [5.74, 6) is -2.75. The van der Waals surface area contributed by atoms with Crippen molar-refractivity contribution in [2.24, 2.45) is 5.92 Å². The molecule has 3 fully saturated rings. The minimum Gasteiger partial charge on any atom is -0.482 e. The van der Waals surface area contributed by atoms with Crippen LogP contribution in [0.4, 0.5) is 20.3 Å². The lowest BCUT2D eigenvalue weighted by molar-refractivity contribution is -0.136. The van der Waals surface area contributed by atoms with Gasteiger partial charge >= 0.3 is 0 Å². The van der Waals surface area contributed by atoms with Crippen LogP contribution in [0.2, 0.25) is 10.0 Å². The molecule has 3 N–H and O–H groups in total. The molecule has 4 aromatic rings. The van der Waals surface area contributed by atoms with Gasteiger partial charge in [0.25, 0.3) is 11.8 Å². The molecular formula is C40H40Cl2F2N8O5. The molecule has 2 aromatic heterocycles. The van der Waals surface area contributed by atoms with Gasteiger partial charge in [-0.1, -0.05) is 23.2 Å². The van der Waals surface area contributed by atoms with Gasteiger partial charge in [0, 0.05) is 73.3 Å². The lowest BCUT2D eigenvalue weighted by Crippen LogP contribution is -2.54. The Morgan fingerprint density at radius 2 is 1.63 bits per heavy atom. The summed E-state index contributed by atoms with van der Waals surface area (Å²) in [6.07, 6.45) is 8.79. The maximum atomic E-state index is 15.4. The maximum Gasteiger partial charge on any atom is 0.262 e. The minimum absolute atomic E-state index is 0.0116. The highest BCUT2D eigenvalue weighted by atomic mass is 35.5. The Hall–Kier alpha value is -5.12. The molecule has 298 valence electrons. The van der Waals surface area contributed by atoms with E-state index in [1.807, 2.05) is 15.8 Å². The van der Waals surface area contributed by atoms with Gasteiger partial charge < -0.3 is 15.4 Å². The molecule has 2 aromatic carbocycles. The smallest absolute Gasteiger partial charge is 0.262 e. The number of fused-ring (bicyclic) bond motifs is 1. The standard InChI is InChI=1S/C40H40Cl2F2N8O5/c1-21(35-28(41)6-7-29(43)36(35)42)57-33-14-23(17-46-37(33)45)24-18-47-51(20-24)25-4-2-22(3-5-25)19-49-10-12-50(13-11-49)32-16-27-26(15-30(32)44)39(55)52(40(27)56)31-8-9-34(53)48-38(31)54/h6-7,14-18,20-22,25,31H,2-5,8-13,19H2,1H3,(H2,45,46)(H,48,53,54)/t21-,22?,25?,31?/m1/s1. The highest BCUT2D eigenvalue weighted by Gasteiger charge is 2.45. The second kappa shape index (κ2) is 15.7. The van der Waals surface area contributed by atoms with Gasteiger partial charge in [-0.15, -0.1) is 0 Å². The molecule has 4 aliphatic rings. The number of anilines is 2. The van der Waals surface area contributed by atoms with E-state index < -0.39 is 47.4 Å². The monoisotopic (exact) mass is 820 g/mol. The number of nitrogens with two attached hydrogens (primary N) is 1. The Bertz CT molecular complexity index is 2270. The fourth-order valence-electron chi connectivity index (χ4n) is 8.41. The number of nitrogens with zero attached hydrogens (tertiary/aromatic N) is 6. The molecule has 0 spiro atoms. The summed E-state index contributed by atoms with van der Waals surface area (Å²) in [6, 6.07) is 6.05. The van der Waals surface area contributed by atoms with E-state index in [1.165, 1.54) is 18.2 Å². The maximum absolute atomic E-state index is 15.4. The van der Waals surface area contributed by atoms with E-state index in [-0.39, 0.29) is 51.6 Å². The number of carbonyl (C=O) groups is 4. The zero-order chi connectivity index (χ0) is 40.1. The second-order valence-corrected chi connectivity index (χ2v) is 15.9. The molecule has 2 saturated heterocycles. The van der Waals surface area contributed by atoms with Gasteiger partial charge in [0.2, 0.25) is 11.8 Å². The van der Waals surface area contributed by atoms with Gasteiger partial charge in [0.1, 0.15) is 23.8 Å². The third-order valence-electron chi connectivity index (χ3n) is 11.5. The van der Waals surface area contributed by atoms with Crippen molar-refractivity contribution in [2.75, 3.05) is 43.4 Å². The van der Waals surface area contributed by atoms with Crippen LogP contribution in [0.5, 0.6) is 5.75 Å². The zero-order valence-electron chi connectivity index (χ0n) is 31.0. The van der Waals surface area contributed by atoms with Crippen LogP contribution in [0.25, 0.3) is 11.1 Å². The molecule has 1 unspecified atom stereocenters. The molecule has 1 aliphatic carbocycles. The third kappa shape index (κ3) is 7.55. The van der Waals surface area contributed by atoms with Crippen LogP contribution < -0.4 is 20.7 Å². The van der Waals surface area contributed by atoms with Crippen molar-refractivity contribution in [2.45, 2.75) is 63.6 Å². The highest BCUT2D eigenvalue weighted by Crippen LogP contribution is 2.39. The van der Waals surface area contributed by atoms with Crippen LogP contribution in [0, 0.1) is 17.6 Å². The summed E-state index contributed by atoms with van der Waals surface area (Å²) >= 11 is 12.5. The van der Waals surface area contributed by atoms with Gasteiger partial charge in [-0.25, -0.2) is 13.8 Å². The minimum atomic E-state index is -1.11. The molecular weight excluding hydrogens is 781 g/mol. The van der Waals surface area contributed by atoms with Crippen molar-refractivity contribution in [3.05, 3.63) is 87.3 Å². The van der Waals surface area contributed by atoms with E-state index in [4.69, 9.17) is 33.7 Å². The van der Waals surface area contributed by atoms with E-state index in [2.05, 4.69) is 20.3 Å². The summed E-state index contributed by atoms with van der Waals surface area (Å²) in [4.78, 5) is 59.9. The molecule has 0 bridgehead atoms. The van der Waals surface area contributed by atoms with Crippen molar-refractivity contribution in [3.8, 4) is 16.9 Å². The van der Waals surface area contributed by atoms with Crippen LogP contribution in [0.1, 0.15) is 83.9 Å². The topological polar surface area (TPSA) is 156 Å². The summed E-state index contributed by atoms with van der Waals surface area (Å²) in [5.41, 5.74) is 8.32. The van der Waals surface area contributed by atoms with Crippen molar-refractivity contribution in [3.63, 3.8) is 0 Å². The second-order valence-electron chi connectivity index (χ2n) is 15.1. The number of halogens is 4. The van der Waals surface area contributed by atoms with Crippen LogP contribution in [0.3, 0.4) is 0 Å². The number of carbonyl (C=O) groups excluding carboxylic acids is 4. The third-order valence-corrected chi connectivity index (χ3v) is 12.2. The summed E-state index contributed by atoms with van der Waals surface area (Å²) in [7, 11) is 0. The lowest BCUT2D eigenvalue weighted by Gasteiger charge is -2.39. The number of piperidine rings is 1. The normalized spacial score (nSPS) is 22.2. The first-order chi connectivity index (χ1) is 27.4. The Balaban J connectivity index is 0.838. The van der Waals surface area contributed by atoms with E-state index in [9.17, 15) is 23.6 Å². The lowest BCUT2D eigenvalue weighted by atomic mass is 9.85. The van der Waals surface area contributed by atoms with Gasteiger partial charge in [-0.3, -0.25) is 39.0 Å². The number of hydrogen-bond acceptors (Lipinski definition) is 10. The predicted octanol–water partition coefficient (Wildman–Crippen LogP) is 6.21. The summed E-state index contributed by atoms with van der Waals surface area (Å²) < 4.78 is 37.7. The van der Waals surface area contributed by atoms with Crippen molar-refractivity contribution in [1.29, 1.82) is 0 Å². The Morgan fingerprint density at radius 3 is 2.35 bits per heavy atom. The average molecular weight is 822 g/mol. The quantitative estimate of drug-likeness (QED) is 0.147. The van der Waals surface area contributed by atoms with E-state index in [1.54, 1.807) is 25.4 Å². The summed E-state index contributed by atoms with van der Waals surface area (Å²) in [5, 5.41) is 7.03. The number of aromatic nitrogens is 3. The molecule has 13 nitrogen and oxygen atoms in total. The number of rotatable bonds is 9.